The Bertz CT molecular complexity index is 106. The van der Waals surface area contributed by atoms with Crippen molar-refractivity contribution in [1.82, 2.24) is 0 Å². The predicted octanol–water partition coefficient (Wildman–Crippen LogP) is -0.768. The number of nitrogens with two attached hydrogens (primary N) is 1. The summed E-state index contributed by atoms with van der Waals surface area (Å²) in [5, 5.41) is 25.4. The molecule has 0 aliphatic heterocycles. The number of hydrogen-bond acceptors (Lipinski definition) is 3. The third-order valence-corrected chi connectivity index (χ3v) is 0.287. The molecule has 0 aromatic rings. The van der Waals surface area contributed by atoms with Crippen LogP contribution in [0, 0.1) is 10.6 Å². The summed E-state index contributed by atoms with van der Waals surface area (Å²) in [4.78, 5) is -0.417. The van der Waals surface area contributed by atoms with Crippen LogP contribution in [-0.4, -0.2) is 16.0 Å². The lowest BCUT2D eigenvalue weighted by molar-refractivity contribution is -0.446. The van der Waals surface area contributed by atoms with E-state index in [0.29, 0.717) is 0 Å². The fourth-order valence-corrected chi connectivity index (χ4v) is 0.0482. The zero-order valence-corrected chi connectivity index (χ0v) is 3.33. The Morgan fingerprint density at radius 2 is 2.43 bits per heavy atom. The van der Waals surface area contributed by atoms with Crippen LogP contribution >= 0.6 is 0 Å². The molecule has 6 nitrogen and oxygen atoms in total. The number of nitrogens with zero attached hydrogens (tertiary/aromatic N) is 2. The first-order chi connectivity index (χ1) is 3.18. The van der Waals surface area contributed by atoms with Gasteiger partial charge in [0, 0.05) is 0 Å². The SMILES string of the molecule is N=C(N)[N+]([O-])=NO. The molecule has 0 aliphatic carbocycles. The average Bonchev–Trinajstić information content (AvgIpc) is 1.65. The summed E-state index contributed by atoms with van der Waals surface area (Å²) < 4.78 is 0. The van der Waals surface area contributed by atoms with Crippen molar-refractivity contribution in [3.8, 4) is 0 Å². The zero-order chi connectivity index (χ0) is 5.86. The highest BCUT2D eigenvalue weighted by molar-refractivity contribution is 5.64. The molecule has 6 heteroatoms. The summed E-state index contributed by atoms with van der Waals surface area (Å²) in [5.74, 6) is -0.845. The van der Waals surface area contributed by atoms with Crippen molar-refractivity contribution in [3.63, 3.8) is 0 Å². The number of hydroxylamine groups is 1. The highest BCUT2D eigenvalue weighted by Crippen LogP contribution is 1.64. The Labute approximate surface area is 38.9 Å². The van der Waals surface area contributed by atoms with Crippen LogP contribution in [0.1, 0.15) is 0 Å². The lowest BCUT2D eigenvalue weighted by Gasteiger charge is -1.95. The van der Waals surface area contributed by atoms with Gasteiger partial charge in [-0.3, -0.25) is 5.73 Å². The van der Waals surface area contributed by atoms with Gasteiger partial charge in [0.15, 0.2) is 0 Å². The van der Waals surface area contributed by atoms with Crippen molar-refractivity contribution in [1.29, 1.82) is 5.41 Å². The number of guanidine groups is 1. The Morgan fingerprint density at radius 1 is 2.00 bits per heavy atom. The molecular weight excluding hydrogens is 100 g/mol. The summed E-state index contributed by atoms with van der Waals surface area (Å²) in [6.45, 7) is 0. The molecule has 40 valence electrons. The molecule has 0 aromatic heterocycles. The Morgan fingerprint density at radius 3 is 2.43 bits per heavy atom. The molecule has 0 aromatic carbocycles. The van der Waals surface area contributed by atoms with E-state index in [1.165, 1.54) is 0 Å². The normalized spacial score (nSPS) is 11.1. The maximum Gasteiger partial charge on any atom is 0.404 e. The summed E-state index contributed by atoms with van der Waals surface area (Å²) in [6.07, 6.45) is 0. The maximum absolute atomic E-state index is 9.66. The van der Waals surface area contributed by atoms with Crippen molar-refractivity contribution in [2.45, 2.75) is 0 Å². The van der Waals surface area contributed by atoms with Gasteiger partial charge in [-0.1, -0.05) is 0 Å². The van der Waals surface area contributed by atoms with Gasteiger partial charge in [-0.2, -0.15) is 0 Å². The van der Waals surface area contributed by atoms with Crippen LogP contribution in [0.5, 0.6) is 0 Å². The van der Waals surface area contributed by atoms with E-state index in [0.717, 1.165) is 0 Å². The monoisotopic (exact) mass is 104 g/mol. The van der Waals surface area contributed by atoms with Crippen molar-refractivity contribution in [3.05, 3.63) is 5.21 Å². The van der Waals surface area contributed by atoms with E-state index < -0.39 is 10.8 Å². The Hall–Kier alpha value is -1.33. The molecule has 0 unspecified atom stereocenters. The van der Waals surface area contributed by atoms with Gasteiger partial charge in [0.2, 0.25) is 0 Å². The van der Waals surface area contributed by atoms with Crippen LogP contribution in [0.3, 0.4) is 0 Å². The summed E-state index contributed by atoms with van der Waals surface area (Å²) >= 11 is 0. The van der Waals surface area contributed by atoms with Gasteiger partial charge in [-0.15, -0.1) is 10.3 Å². The molecule has 7 heavy (non-hydrogen) atoms. The quantitative estimate of drug-likeness (QED) is 0.123. The number of hydrogen-bond donors (Lipinski definition) is 3. The van der Waals surface area contributed by atoms with Gasteiger partial charge in [-0.05, 0) is 0 Å². The van der Waals surface area contributed by atoms with Gasteiger partial charge < -0.3 is 10.4 Å². The van der Waals surface area contributed by atoms with E-state index in [1.54, 1.807) is 0 Å². The highest BCUT2D eigenvalue weighted by Gasteiger charge is 1.90. The molecule has 0 amide bonds. The minimum Gasteiger partial charge on any atom is -0.719 e. The summed E-state index contributed by atoms with van der Waals surface area (Å²) in [6, 6.07) is 0. The van der Waals surface area contributed by atoms with Crippen LogP contribution in [0.4, 0.5) is 0 Å². The van der Waals surface area contributed by atoms with Crippen molar-refractivity contribution in [2.75, 3.05) is 0 Å². The molecule has 0 spiro atoms. The summed E-state index contributed by atoms with van der Waals surface area (Å²) in [5.41, 5.74) is 4.49. The molecular formula is CH4N4O2. The van der Waals surface area contributed by atoms with E-state index in [9.17, 15) is 5.21 Å². The Balaban J connectivity index is 3.82. The first kappa shape index (κ1) is 5.67. The molecule has 0 atom stereocenters. The largest absolute Gasteiger partial charge is 0.719 e. The van der Waals surface area contributed by atoms with Crippen molar-refractivity contribution >= 4 is 5.96 Å². The molecule has 0 fully saturated rings. The minimum atomic E-state index is -0.845. The predicted molar refractivity (Wildman–Crippen MR) is 19.8 cm³/mol. The average molecular weight is 104 g/mol. The zero-order valence-electron chi connectivity index (χ0n) is 3.33. The first-order valence-electron chi connectivity index (χ1n) is 1.34. The van der Waals surface area contributed by atoms with E-state index >= 15 is 0 Å². The van der Waals surface area contributed by atoms with Crippen molar-refractivity contribution < 1.29 is 10.1 Å². The molecule has 0 rings (SSSR count). The summed E-state index contributed by atoms with van der Waals surface area (Å²) in [7, 11) is 0. The van der Waals surface area contributed by atoms with Gasteiger partial charge in [0.1, 0.15) is 0 Å². The molecule has 0 heterocycles. The number of nitrogens with one attached hydrogen (secondary N) is 1. The molecule has 0 bridgehead atoms. The fourth-order valence-electron chi connectivity index (χ4n) is 0.0482. The maximum atomic E-state index is 9.66. The second-order valence-corrected chi connectivity index (χ2v) is 0.748. The van der Waals surface area contributed by atoms with E-state index in [-0.39, 0.29) is 0 Å². The topological polar surface area (TPSA) is 109 Å². The molecule has 0 saturated heterocycles. The van der Waals surface area contributed by atoms with Gasteiger partial charge >= 0.3 is 5.96 Å². The van der Waals surface area contributed by atoms with Crippen LogP contribution in [0.25, 0.3) is 0 Å². The molecule has 0 aliphatic rings. The number of rotatable bonds is 0. The second kappa shape index (κ2) is 1.96. The van der Waals surface area contributed by atoms with Crippen LogP contribution < -0.4 is 5.73 Å². The fraction of sp³-hybridized carbons (Fsp3) is 0. The second-order valence-electron chi connectivity index (χ2n) is 0.748. The Kier molecular flexibility index (Phi) is 1.58. The molecule has 0 saturated carbocycles. The third-order valence-electron chi connectivity index (χ3n) is 0.287. The van der Waals surface area contributed by atoms with Gasteiger partial charge in [0.25, 0.3) is 0 Å². The van der Waals surface area contributed by atoms with E-state index in [4.69, 9.17) is 10.6 Å². The lowest BCUT2D eigenvalue weighted by Crippen LogP contribution is -2.21. The lowest BCUT2D eigenvalue weighted by atomic mass is 11.1. The van der Waals surface area contributed by atoms with Crippen molar-refractivity contribution in [2.24, 2.45) is 11.0 Å². The van der Waals surface area contributed by atoms with E-state index in [1.807, 2.05) is 5.28 Å². The van der Waals surface area contributed by atoms with Gasteiger partial charge in [-0.25, -0.2) is 0 Å². The standard InChI is InChI=1S/CH4N4O2/c2-1(3)5(7)4-6/h6H,(H3,2,3). The van der Waals surface area contributed by atoms with Crippen LogP contribution in [0.2, 0.25) is 0 Å². The van der Waals surface area contributed by atoms with Crippen LogP contribution in [-0.2, 0) is 0 Å². The highest BCUT2D eigenvalue weighted by atomic mass is 16.6. The smallest absolute Gasteiger partial charge is 0.404 e. The molecule has 0 radical (unpaired) electrons. The van der Waals surface area contributed by atoms with Gasteiger partial charge in [0.05, 0.1) is 5.28 Å². The third kappa shape index (κ3) is 1.53. The molecule has 4 N–H and O–H groups in total. The van der Waals surface area contributed by atoms with Crippen LogP contribution in [0.15, 0.2) is 5.28 Å². The minimum absolute atomic E-state index is 0.417. The first-order valence-corrected chi connectivity index (χ1v) is 1.34. The van der Waals surface area contributed by atoms with E-state index in [2.05, 4.69) is 5.73 Å².